The van der Waals surface area contributed by atoms with E-state index in [2.05, 4.69) is 15.3 Å². The van der Waals surface area contributed by atoms with Crippen molar-refractivity contribution < 1.29 is 9.18 Å². The van der Waals surface area contributed by atoms with E-state index < -0.39 is 0 Å². The van der Waals surface area contributed by atoms with E-state index in [1.165, 1.54) is 18.9 Å². The third-order valence-corrected chi connectivity index (χ3v) is 5.29. The average Bonchev–Trinajstić information content (AvgIpc) is 3.21. The predicted molar refractivity (Wildman–Crippen MR) is 100 cm³/mol. The first kappa shape index (κ1) is 18.6. The second-order valence-corrected chi connectivity index (χ2v) is 7.15. The van der Waals surface area contributed by atoms with Crippen molar-refractivity contribution in [1.29, 1.82) is 0 Å². The highest BCUT2D eigenvalue weighted by atomic mass is 19.1. The second-order valence-electron chi connectivity index (χ2n) is 7.15. The molecule has 0 atom stereocenters. The van der Waals surface area contributed by atoms with Gasteiger partial charge in [0, 0.05) is 25.2 Å². The van der Waals surface area contributed by atoms with Crippen LogP contribution in [0.15, 0.2) is 24.3 Å². The Kier molecular flexibility index (Phi) is 5.71. The normalized spacial score (nSPS) is 15.0. The molecule has 6 heteroatoms. The molecule has 1 amide bonds. The Morgan fingerprint density at radius 1 is 1.31 bits per heavy atom. The zero-order valence-corrected chi connectivity index (χ0v) is 15.8. The SMILES string of the molecule is Cc1nn(C)c(C)c1NC(=O)CN(Cc1ccccc1F)C1CCCC1. The third kappa shape index (κ3) is 4.12. The molecule has 26 heavy (non-hydrogen) atoms. The van der Waals surface area contributed by atoms with E-state index in [0.29, 0.717) is 18.2 Å². The lowest BCUT2D eigenvalue weighted by Gasteiger charge is -2.28. The van der Waals surface area contributed by atoms with Crippen LogP contribution < -0.4 is 5.32 Å². The van der Waals surface area contributed by atoms with E-state index in [-0.39, 0.29) is 18.3 Å². The lowest BCUT2D eigenvalue weighted by Crippen LogP contribution is -2.39. The first-order valence-electron chi connectivity index (χ1n) is 9.23. The monoisotopic (exact) mass is 358 g/mol. The fraction of sp³-hybridized carbons (Fsp3) is 0.500. The molecule has 1 heterocycles. The second kappa shape index (κ2) is 7.99. The van der Waals surface area contributed by atoms with Crippen molar-refractivity contribution in [3.8, 4) is 0 Å². The Hall–Kier alpha value is -2.21. The number of rotatable bonds is 6. The summed E-state index contributed by atoms with van der Waals surface area (Å²) in [6.45, 7) is 4.53. The maximum Gasteiger partial charge on any atom is 0.238 e. The van der Waals surface area contributed by atoms with E-state index >= 15 is 0 Å². The van der Waals surface area contributed by atoms with Gasteiger partial charge in [-0.15, -0.1) is 0 Å². The molecule has 1 aliphatic rings. The Labute approximate surface area is 154 Å². The Morgan fingerprint density at radius 3 is 2.62 bits per heavy atom. The summed E-state index contributed by atoms with van der Waals surface area (Å²) in [5.41, 5.74) is 3.15. The summed E-state index contributed by atoms with van der Waals surface area (Å²) in [4.78, 5) is 14.8. The molecule has 1 saturated carbocycles. The number of benzene rings is 1. The van der Waals surface area contributed by atoms with E-state index in [1.54, 1.807) is 16.8 Å². The van der Waals surface area contributed by atoms with Crippen molar-refractivity contribution in [1.82, 2.24) is 14.7 Å². The van der Waals surface area contributed by atoms with E-state index in [0.717, 1.165) is 29.9 Å². The standard InChI is InChI=1S/C20H27FN4O/c1-14-20(15(2)24(3)23-14)22-19(26)13-25(17-9-5-6-10-17)12-16-8-4-7-11-18(16)21/h4,7-8,11,17H,5-6,9-10,12-13H2,1-3H3,(H,22,26). The number of nitrogens with zero attached hydrogens (tertiary/aromatic N) is 3. The van der Waals surface area contributed by atoms with Crippen molar-refractivity contribution in [3.63, 3.8) is 0 Å². The molecule has 1 fully saturated rings. The van der Waals surface area contributed by atoms with Crippen LogP contribution in [0.2, 0.25) is 0 Å². The maximum atomic E-state index is 14.1. The van der Waals surface area contributed by atoms with E-state index in [1.807, 2.05) is 27.0 Å². The van der Waals surface area contributed by atoms with Crippen molar-refractivity contribution in [3.05, 3.63) is 47.0 Å². The molecule has 0 aliphatic heterocycles. The zero-order valence-electron chi connectivity index (χ0n) is 15.8. The fourth-order valence-electron chi connectivity index (χ4n) is 3.75. The van der Waals surface area contributed by atoms with Crippen LogP contribution in [0.25, 0.3) is 0 Å². The lowest BCUT2D eigenvalue weighted by molar-refractivity contribution is -0.118. The summed E-state index contributed by atoms with van der Waals surface area (Å²) in [5, 5.41) is 7.33. The number of halogens is 1. The molecule has 0 bridgehead atoms. The van der Waals surface area contributed by atoms with Crippen molar-refractivity contribution in [2.75, 3.05) is 11.9 Å². The fourth-order valence-corrected chi connectivity index (χ4v) is 3.75. The summed E-state index contributed by atoms with van der Waals surface area (Å²) >= 11 is 0. The minimum atomic E-state index is -0.213. The first-order valence-corrected chi connectivity index (χ1v) is 9.23. The maximum absolute atomic E-state index is 14.1. The lowest BCUT2D eigenvalue weighted by atomic mass is 10.1. The number of nitrogens with one attached hydrogen (secondary N) is 1. The number of amides is 1. The molecular formula is C20H27FN4O. The molecule has 1 N–H and O–H groups in total. The van der Waals surface area contributed by atoms with Gasteiger partial charge in [0.15, 0.2) is 0 Å². The van der Waals surface area contributed by atoms with Gasteiger partial charge in [0.05, 0.1) is 23.6 Å². The summed E-state index contributed by atoms with van der Waals surface area (Å²) in [6, 6.07) is 7.14. The smallest absolute Gasteiger partial charge is 0.238 e. The Bertz CT molecular complexity index is 780. The minimum Gasteiger partial charge on any atom is -0.322 e. The Balaban J connectivity index is 1.72. The van der Waals surface area contributed by atoms with Crippen LogP contribution in [-0.4, -0.2) is 33.2 Å². The third-order valence-electron chi connectivity index (χ3n) is 5.29. The number of anilines is 1. The Morgan fingerprint density at radius 2 is 2.00 bits per heavy atom. The summed E-state index contributed by atoms with van der Waals surface area (Å²) < 4.78 is 15.9. The molecule has 1 aliphatic carbocycles. The number of carbonyl (C=O) groups is 1. The molecule has 3 rings (SSSR count). The van der Waals surface area contributed by atoms with E-state index in [4.69, 9.17) is 0 Å². The molecule has 5 nitrogen and oxygen atoms in total. The van der Waals surface area contributed by atoms with Gasteiger partial charge in [0.1, 0.15) is 5.82 Å². The van der Waals surface area contributed by atoms with Gasteiger partial charge in [0.25, 0.3) is 0 Å². The van der Waals surface area contributed by atoms with Gasteiger partial charge in [-0.1, -0.05) is 31.0 Å². The summed E-state index contributed by atoms with van der Waals surface area (Å²) in [5.74, 6) is -0.290. The zero-order chi connectivity index (χ0) is 18.7. The van der Waals surface area contributed by atoms with Gasteiger partial charge < -0.3 is 5.32 Å². The average molecular weight is 358 g/mol. The van der Waals surface area contributed by atoms with Crippen molar-refractivity contribution >= 4 is 11.6 Å². The first-order chi connectivity index (χ1) is 12.5. The summed E-state index contributed by atoms with van der Waals surface area (Å²) in [6.07, 6.45) is 4.46. The highest BCUT2D eigenvalue weighted by Crippen LogP contribution is 2.26. The van der Waals surface area contributed by atoms with Crippen molar-refractivity contribution in [2.24, 2.45) is 7.05 Å². The largest absolute Gasteiger partial charge is 0.322 e. The van der Waals surface area contributed by atoms with Crippen LogP contribution in [0.4, 0.5) is 10.1 Å². The van der Waals surface area contributed by atoms with Gasteiger partial charge in [0.2, 0.25) is 5.91 Å². The molecule has 0 spiro atoms. The number of aromatic nitrogens is 2. The number of hydrogen-bond donors (Lipinski definition) is 1. The van der Waals surface area contributed by atoms with Crippen molar-refractivity contribution in [2.45, 2.75) is 52.1 Å². The van der Waals surface area contributed by atoms with Gasteiger partial charge in [-0.3, -0.25) is 14.4 Å². The molecule has 140 valence electrons. The van der Waals surface area contributed by atoms with Gasteiger partial charge in [-0.2, -0.15) is 5.10 Å². The highest BCUT2D eigenvalue weighted by molar-refractivity contribution is 5.93. The van der Waals surface area contributed by atoms with E-state index in [9.17, 15) is 9.18 Å². The van der Waals surface area contributed by atoms with Crippen LogP contribution in [0.3, 0.4) is 0 Å². The molecule has 0 unspecified atom stereocenters. The van der Waals surface area contributed by atoms with Crippen LogP contribution in [0.5, 0.6) is 0 Å². The predicted octanol–water partition coefficient (Wildman–Crippen LogP) is 3.56. The van der Waals surface area contributed by atoms with Crippen LogP contribution in [-0.2, 0) is 18.4 Å². The van der Waals surface area contributed by atoms with Crippen LogP contribution >= 0.6 is 0 Å². The number of aryl methyl sites for hydroxylation is 2. The molecule has 0 radical (unpaired) electrons. The van der Waals surface area contributed by atoms with Crippen LogP contribution in [0.1, 0.15) is 42.6 Å². The quantitative estimate of drug-likeness (QED) is 0.859. The number of hydrogen-bond acceptors (Lipinski definition) is 3. The molecule has 1 aromatic carbocycles. The molecule has 2 aromatic rings. The number of carbonyl (C=O) groups excluding carboxylic acids is 1. The highest BCUT2D eigenvalue weighted by Gasteiger charge is 2.26. The van der Waals surface area contributed by atoms with Crippen LogP contribution in [0, 0.1) is 19.7 Å². The molecular weight excluding hydrogens is 331 g/mol. The molecule has 0 saturated heterocycles. The summed E-state index contributed by atoms with van der Waals surface area (Å²) in [7, 11) is 1.86. The van der Waals surface area contributed by atoms with Gasteiger partial charge >= 0.3 is 0 Å². The molecule has 1 aromatic heterocycles. The minimum absolute atomic E-state index is 0.0764. The van der Waals surface area contributed by atoms with Gasteiger partial charge in [-0.25, -0.2) is 4.39 Å². The topological polar surface area (TPSA) is 50.2 Å². The van der Waals surface area contributed by atoms with Gasteiger partial charge in [-0.05, 0) is 32.8 Å².